The molecule has 0 radical (unpaired) electrons. The third-order valence-corrected chi connectivity index (χ3v) is 2.91. The normalized spacial score (nSPS) is 11.5. The first kappa shape index (κ1) is 22.1. The van der Waals surface area contributed by atoms with Crippen LogP contribution in [0.1, 0.15) is 61.3 Å². The Labute approximate surface area is 111 Å². The van der Waals surface area contributed by atoms with Gasteiger partial charge in [0, 0.05) is 6.04 Å². The van der Waals surface area contributed by atoms with Crippen LogP contribution in [0.5, 0.6) is 0 Å². The van der Waals surface area contributed by atoms with Crippen molar-refractivity contribution >= 4 is 0 Å². The molecule has 0 fully saturated rings. The molecule has 0 N–H and O–H groups in total. The highest BCUT2D eigenvalue weighted by Gasteiger charge is 1.97. The Morgan fingerprint density at radius 2 is 1.29 bits per heavy atom. The van der Waals surface area contributed by atoms with E-state index in [4.69, 9.17) is 0 Å². The van der Waals surface area contributed by atoms with Crippen LogP contribution in [-0.2, 0) is 0 Å². The molecule has 0 aliphatic rings. The van der Waals surface area contributed by atoms with Crippen LogP contribution in [0.4, 0.5) is 0 Å². The fraction of sp³-hybridized carbons (Fsp3) is 1.00. The van der Waals surface area contributed by atoms with E-state index in [1.807, 2.05) is 13.8 Å². The number of hydrogen-bond donors (Lipinski definition) is 0. The molecule has 0 bridgehead atoms. The minimum absolute atomic E-state index is 0.736. The minimum atomic E-state index is 0.736. The number of rotatable bonds is 6. The number of nitrogens with zero attached hydrogens (tertiary/aromatic N) is 2. The maximum Gasteiger partial charge on any atom is 0.00582 e. The average Bonchev–Trinajstić information content (AvgIpc) is 2.37. The lowest BCUT2D eigenvalue weighted by atomic mass is 10.2. The lowest BCUT2D eigenvalue weighted by molar-refractivity contribution is 0.304. The van der Waals surface area contributed by atoms with Gasteiger partial charge in [0.2, 0.25) is 0 Å². The Balaban J connectivity index is -0.000000202. The van der Waals surface area contributed by atoms with E-state index in [-0.39, 0.29) is 0 Å². The summed E-state index contributed by atoms with van der Waals surface area (Å²) < 4.78 is 0. The minimum Gasteiger partial charge on any atom is -0.307 e. The van der Waals surface area contributed by atoms with E-state index in [0.29, 0.717) is 0 Å². The number of hydrogen-bond acceptors (Lipinski definition) is 2. The van der Waals surface area contributed by atoms with Gasteiger partial charge in [-0.15, -0.1) is 0 Å². The van der Waals surface area contributed by atoms with Gasteiger partial charge in [0.1, 0.15) is 0 Å². The van der Waals surface area contributed by atoms with Gasteiger partial charge in [-0.1, -0.05) is 41.5 Å². The predicted octanol–water partition coefficient (Wildman–Crippen LogP) is 4.11. The molecule has 108 valence electrons. The van der Waals surface area contributed by atoms with E-state index >= 15 is 0 Å². The first-order chi connectivity index (χ1) is 8.03. The van der Waals surface area contributed by atoms with Crippen molar-refractivity contribution in [2.75, 3.05) is 33.7 Å². The molecular weight excluding hydrogens is 208 g/mol. The zero-order chi connectivity index (χ0) is 14.3. The van der Waals surface area contributed by atoms with Crippen LogP contribution in [0, 0.1) is 0 Å². The Kier molecular flexibility index (Phi) is 23.8. The van der Waals surface area contributed by atoms with Crippen LogP contribution >= 0.6 is 0 Å². The van der Waals surface area contributed by atoms with Crippen molar-refractivity contribution in [3.8, 4) is 0 Å². The van der Waals surface area contributed by atoms with Crippen LogP contribution < -0.4 is 0 Å². The fourth-order valence-electron chi connectivity index (χ4n) is 1.22. The molecule has 0 aromatic heterocycles. The molecule has 0 aromatic carbocycles. The first-order valence-electron chi connectivity index (χ1n) is 7.42. The summed E-state index contributed by atoms with van der Waals surface area (Å²) in [6, 6.07) is 0.736. The van der Waals surface area contributed by atoms with Crippen molar-refractivity contribution in [3.63, 3.8) is 0 Å². The zero-order valence-corrected chi connectivity index (χ0v) is 14.0. The molecule has 2 heteroatoms. The summed E-state index contributed by atoms with van der Waals surface area (Å²) in [5, 5.41) is 0. The van der Waals surface area contributed by atoms with Crippen LogP contribution in [0.3, 0.4) is 0 Å². The Morgan fingerprint density at radius 1 is 0.882 bits per heavy atom. The Bertz CT molecular complexity index is 109. The monoisotopic (exact) mass is 246 g/mol. The average molecular weight is 246 g/mol. The van der Waals surface area contributed by atoms with Crippen molar-refractivity contribution in [1.82, 2.24) is 9.80 Å². The molecule has 0 spiro atoms. The summed E-state index contributed by atoms with van der Waals surface area (Å²) in [5.74, 6) is 0. The van der Waals surface area contributed by atoms with Gasteiger partial charge in [-0.2, -0.15) is 0 Å². The SMILES string of the molecule is CC.CCC(C)N(C)C.CCCN(CC)CC. The van der Waals surface area contributed by atoms with E-state index in [1.165, 1.54) is 32.5 Å². The van der Waals surface area contributed by atoms with Gasteiger partial charge in [0.25, 0.3) is 0 Å². The van der Waals surface area contributed by atoms with Crippen molar-refractivity contribution < 1.29 is 0 Å². The van der Waals surface area contributed by atoms with Gasteiger partial charge in [-0.25, -0.2) is 0 Å². The smallest absolute Gasteiger partial charge is 0.00582 e. The lowest BCUT2D eigenvalue weighted by Gasteiger charge is -2.16. The lowest BCUT2D eigenvalue weighted by Crippen LogP contribution is -2.23. The van der Waals surface area contributed by atoms with E-state index in [9.17, 15) is 0 Å². The summed E-state index contributed by atoms with van der Waals surface area (Å²) in [5.41, 5.74) is 0. The Hall–Kier alpha value is -0.0800. The summed E-state index contributed by atoms with van der Waals surface area (Å²) >= 11 is 0. The van der Waals surface area contributed by atoms with Crippen LogP contribution in [0.15, 0.2) is 0 Å². The molecule has 0 heterocycles. The molecule has 2 nitrogen and oxygen atoms in total. The Morgan fingerprint density at radius 3 is 1.35 bits per heavy atom. The molecule has 1 atom stereocenters. The second-order valence-corrected chi connectivity index (χ2v) is 4.25. The summed E-state index contributed by atoms with van der Waals surface area (Å²) in [6.45, 7) is 18.7. The highest BCUT2D eigenvalue weighted by atomic mass is 15.1. The third-order valence-electron chi connectivity index (χ3n) is 2.91. The topological polar surface area (TPSA) is 6.48 Å². The second-order valence-electron chi connectivity index (χ2n) is 4.25. The van der Waals surface area contributed by atoms with Crippen molar-refractivity contribution in [3.05, 3.63) is 0 Å². The molecule has 17 heavy (non-hydrogen) atoms. The van der Waals surface area contributed by atoms with Gasteiger partial charge in [0.15, 0.2) is 0 Å². The van der Waals surface area contributed by atoms with Gasteiger partial charge < -0.3 is 9.80 Å². The van der Waals surface area contributed by atoms with Crippen molar-refractivity contribution in [2.45, 2.75) is 67.3 Å². The first-order valence-corrected chi connectivity index (χ1v) is 7.42. The predicted molar refractivity (Wildman–Crippen MR) is 82.9 cm³/mol. The maximum atomic E-state index is 2.43. The zero-order valence-electron chi connectivity index (χ0n) is 14.0. The largest absolute Gasteiger partial charge is 0.307 e. The molecule has 0 rings (SSSR count). The standard InChI is InChI=1S/C7H17N.C6H15N.C2H6/c1-4-7-8(5-2)6-3;1-5-6(2)7(3)4;1-2/h4-7H2,1-3H3;6H,5H2,1-4H3;1-2H3. The van der Waals surface area contributed by atoms with Crippen LogP contribution in [-0.4, -0.2) is 49.6 Å². The van der Waals surface area contributed by atoms with Gasteiger partial charge in [-0.3, -0.25) is 0 Å². The van der Waals surface area contributed by atoms with Gasteiger partial charge in [0.05, 0.1) is 0 Å². The van der Waals surface area contributed by atoms with Crippen molar-refractivity contribution in [2.24, 2.45) is 0 Å². The van der Waals surface area contributed by atoms with Crippen LogP contribution in [0.25, 0.3) is 0 Å². The van der Waals surface area contributed by atoms with E-state index < -0.39 is 0 Å². The highest BCUT2D eigenvalue weighted by Crippen LogP contribution is 1.93. The molecule has 0 saturated carbocycles. The molecule has 0 amide bonds. The fourth-order valence-corrected chi connectivity index (χ4v) is 1.22. The van der Waals surface area contributed by atoms with E-state index in [0.717, 1.165) is 6.04 Å². The van der Waals surface area contributed by atoms with Gasteiger partial charge >= 0.3 is 0 Å². The molecule has 0 aliphatic carbocycles. The summed E-state index contributed by atoms with van der Waals surface area (Å²) in [6.07, 6.45) is 2.52. The van der Waals surface area contributed by atoms with Crippen LogP contribution in [0.2, 0.25) is 0 Å². The van der Waals surface area contributed by atoms with Gasteiger partial charge in [-0.05, 0) is 53.5 Å². The second kappa shape index (κ2) is 18.3. The molecule has 0 saturated heterocycles. The van der Waals surface area contributed by atoms with Crippen molar-refractivity contribution in [1.29, 1.82) is 0 Å². The highest BCUT2D eigenvalue weighted by molar-refractivity contribution is 4.53. The molecular formula is C15H38N2. The molecule has 0 aliphatic heterocycles. The summed E-state index contributed by atoms with van der Waals surface area (Å²) in [7, 11) is 4.21. The van der Waals surface area contributed by atoms with E-state index in [2.05, 4.69) is 58.5 Å². The van der Waals surface area contributed by atoms with E-state index in [1.54, 1.807) is 0 Å². The quantitative estimate of drug-likeness (QED) is 0.696. The third kappa shape index (κ3) is 18.5. The molecule has 0 aromatic rings. The maximum absolute atomic E-state index is 2.43. The molecule has 1 unspecified atom stereocenters. The summed E-state index contributed by atoms with van der Waals surface area (Å²) in [4.78, 5) is 4.65.